The van der Waals surface area contributed by atoms with Crippen LogP contribution >= 0.6 is 11.8 Å². The Kier molecular flexibility index (Phi) is 3.50. The predicted molar refractivity (Wildman–Crippen MR) is 91.8 cm³/mol. The first kappa shape index (κ1) is 14.2. The molecule has 5 heteroatoms. The summed E-state index contributed by atoms with van der Waals surface area (Å²) in [5, 5.41) is 10.4. The van der Waals surface area contributed by atoms with Crippen LogP contribution in [0, 0.1) is 0 Å². The first-order valence-corrected chi connectivity index (χ1v) is 8.54. The van der Waals surface area contributed by atoms with Crippen LogP contribution in [0.1, 0.15) is 22.2 Å². The van der Waals surface area contributed by atoms with E-state index in [1.54, 1.807) is 16.3 Å². The molecule has 0 fully saturated rings. The highest BCUT2D eigenvalue weighted by Crippen LogP contribution is 2.42. The summed E-state index contributed by atoms with van der Waals surface area (Å²) in [5.74, 6) is 0.729. The quantitative estimate of drug-likeness (QED) is 0.805. The second-order valence-corrected chi connectivity index (χ2v) is 6.64. The predicted octanol–water partition coefficient (Wildman–Crippen LogP) is 3.20. The van der Waals surface area contributed by atoms with Crippen molar-refractivity contribution in [2.75, 3.05) is 0 Å². The Bertz CT molecular complexity index is 885. The maximum atomic E-state index is 12.8. The molecule has 0 amide bonds. The van der Waals surface area contributed by atoms with Crippen molar-refractivity contribution in [1.29, 1.82) is 0 Å². The average Bonchev–Trinajstić information content (AvgIpc) is 3.13. The third-order valence-corrected chi connectivity index (χ3v) is 5.36. The number of hydrogen-bond acceptors (Lipinski definition) is 3. The first-order valence-electron chi connectivity index (χ1n) is 7.49. The molecule has 23 heavy (non-hydrogen) atoms. The van der Waals surface area contributed by atoms with Gasteiger partial charge in [-0.05, 0) is 11.1 Å². The Morgan fingerprint density at radius 1 is 1.04 bits per heavy atom. The van der Waals surface area contributed by atoms with E-state index < -0.39 is 0 Å². The molecule has 4 nitrogen and oxygen atoms in total. The molecule has 1 atom stereocenters. The average molecular weight is 324 g/mol. The summed E-state index contributed by atoms with van der Waals surface area (Å²) in [4.78, 5) is 12.8. The fourth-order valence-corrected chi connectivity index (χ4v) is 4.28. The maximum Gasteiger partial charge on any atom is 0.332 e. The molecule has 3 aromatic rings. The Balaban J connectivity index is 1.77. The van der Waals surface area contributed by atoms with Crippen LogP contribution in [0.2, 0.25) is 0 Å². The fraction of sp³-hybridized carbons (Fsp3) is 0.167. The van der Waals surface area contributed by atoms with E-state index in [1.165, 1.54) is 4.57 Å². The van der Waals surface area contributed by atoms with E-state index in [2.05, 4.69) is 0 Å². The van der Waals surface area contributed by atoms with E-state index >= 15 is 0 Å². The van der Waals surface area contributed by atoms with E-state index in [-0.39, 0.29) is 16.9 Å². The number of imidazole rings is 1. The van der Waals surface area contributed by atoms with Crippen LogP contribution in [0.3, 0.4) is 0 Å². The number of nitrogens with zero attached hydrogens (tertiary/aromatic N) is 2. The lowest BCUT2D eigenvalue weighted by Crippen LogP contribution is -2.26. The molecule has 2 heterocycles. The van der Waals surface area contributed by atoms with Crippen LogP contribution in [-0.4, -0.2) is 14.2 Å². The van der Waals surface area contributed by atoms with E-state index in [1.807, 2.05) is 60.7 Å². The van der Waals surface area contributed by atoms with Crippen LogP contribution in [0.5, 0.6) is 5.88 Å². The Labute approximate surface area is 138 Å². The minimum absolute atomic E-state index is 0.0679. The van der Waals surface area contributed by atoms with Gasteiger partial charge < -0.3 is 5.11 Å². The Morgan fingerprint density at radius 2 is 1.70 bits per heavy atom. The van der Waals surface area contributed by atoms with Crippen molar-refractivity contribution < 1.29 is 5.11 Å². The van der Waals surface area contributed by atoms with Gasteiger partial charge in [-0.25, -0.2) is 4.79 Å². The van der Waals surface area contributed by atoms with Gasteiger partial charge in [-0.1, -0.05) is 60.7 Å². The monoisotopic (exact) mass is 324 g/mol. The lowest BCUT2D eigenvalue weighted by molar-refractivity contribution is 0.418. The Hall–Kier alpha value is -2.40. The van der Waals surface area contributed by atoms with Crippen LogP contribution in [0.15, 0.2) is 65.5 Å². The van der Waals surface area contributed by atoms with Gasteiger partial charge in [0.15, 0.2) is 0 Å². The highest BCUT2D eigenvalue weighted by Gasteiger charge is 2.32. The van der Waals surface area contributed by atoms with Gasteiger partial charge in [0.25, 0.3) is 0 Å². The van der Waals surface area contributed by atoms with Gasteiger partial charge in [-0.3, -0.25) is 9.13 Å². The molecule has 0 unspecified atom stereocenters. The highest BCUT2D eigenvalue weighted by molar-refractivity contribution is 7.99. The summed E-state index contributed by atoms with van der Waals surface area (Å²) in [7, 11) is 0. The van der Waals surface area contributed by atoms with Gasteiger partial charge >= 0.3 is 5.69 Å². The molecule has 1 aliphatic rings. The van der Waals surface area contributed by atoms with Gasteiger partial charge in [-0.2, -0.15) is 0 Å². The van der Waals surface area contributed by atoms with E-state index in [4.69, 9.17) is 0 Å². The van der Waals surface area contributed by atoms with Crippen LogP contribution in [-0.2, 0) is 12.3 Å². The zero-order chi connectivity index (χ0) is 15.8. The molecule has 0 radical (unpaired) electrons. The number of rotatable bonds is 3. The van der Waals surface area contributed by atoms with Crippen molar-refractivity contribution >= 4 is 11.8 Å². The summed E-state index contributed by atoms with van der Waals surface area (Å²) in [6, 6.07) is 19.7. The van der Waals surface area contributed by atoms with Crippen molar-refractivity contribution in [2.24, 2.45) is 0 Å². The van der Waals surface area contributed by atoms with Crippen molar-refractivity contribution in [3.63, 3.8) is 0 Å². The number of aromatic hydroxyl groups is 1. The third kappa shape index (κ3) is 2.37. The molecule has 0 spiro atoms. The molecular weight excluding hydrogens is 308 g/mol. The number of hydrogen-bond donors (Lipinski definition) is 1. The van der Waals surface area contributed by atoms with Crippen molar-refractivity contribution in [2.45, 2.75) is 17.7 Å². The highest BCUT2D eigenvalue weighted by atomic mass is 32.2. The maximum absolute atomic E-state index is 12.8. The number of thioether (sulfide) groups is 1. The second-order valence-electron chi connectivity index (χ2n) is 5.57. The fourth-order valence-electron chi connectivity index (χ4n) is 2.98. The zero-order valence-corrected chi connectivity index (χ0v) is 13.2. The lowest BCUT2D eigenvalue weighted by Gasteiger charge is -2.11. The van der Waals surface area contributed by atoms with Crippen molar-refractivity contribution in [3.8, 4) is 5.88 Å². The summed E-state index contributed by atoms with van der Waals surface area (Å²) in [6.45, 7) is 0.387. The molecule has 0 aliphatic carbocycles. The molecule has 1 aromatic heterocycles. The molecule has 1 N–H and O–H groups in total. The first-order chi connectivity index (χ1) is 11.3. The van der Waals surface area contributed by atoms with Gasteiger partial charge in [0.05, 0.1) is 12.2 Å². The summed E-state index contributed by atoms with van der Waals surface area (Å²) >= 11 is 1.66. The van der Waals surface area contributed by atoms with Crippen molar-refractivity contribution in [3.05, 3.63) is 88.0 Å². The number of fused-ring (bicyclic) bond motifs is 1. The molecule has 0 saturated carbocycles. The van der Waals surface area contributed by atoms with Crippen LogP contribution in [0.25, 0.3) is 0 Å². The summed E-state index contributed by atoms with van der Waals surface area (Å²) in [6.07, 6.45) is 0. The molecular formula is C18H16N2O2S. The molecule has 2 aromatic carbocycles. The third-order valence-electron chi connectivity index (χ3n) is 4.12. The molecule has 4 rings (SSSR count). The molecule has 1 aliphatic heterocycles. The minimum Gasteiger partial charge on any atom is -0.493 e. The normalized spacial score (nSPS) is 16.4. The topological polar surface area (TPSA) is 47.2 Å². The zero-order valence-electron chi connectivity index (χ0n) is 12.4. The van der Waals surface area contributed by atoms with Crippen molar-refractivity contribution in [1.82, 2.24) is 9.13 Å². The van der Waals surface area contributed by atoms with Crippen LogP contribution < -0.4 is 5.69 Å². The second kappa shape index (κ2) is 5.66. The van der Waals surface area contributed by atoms with Gasteiger partial charge in [0.2, 0.25) is 5.88 Å². The van der Waals surface area contributed by atoms with E-state index in [9.17, 15) is 9.90 Å². The van der Waals surface area contributed by atoms with Crippen LogP contribution in [0.4, 0.5) is 0 Å². The lowest BCUT2D eigenvalue weighted by atomic mass is 10.2. The molecule has 0 saturated heterocycles. The number of aromatic nitrogens is 2. The van der Waals surface area contributed by atoms with Gasteiger partial charge in [0.1, 0.15) is 5.37 Å². The van der Waals surface area contributed by atoms with E-state index in [0.717, 1.165) is 11.1 Å². The van der Waals surface area contributed by atoms with Gasteiger partial charge in [0, 0.05) is 5.75 Å². The largest absolute Gasteiger partial charge is 0.493 e. The summed E-state index contributed by atoms with van der Waals surface area (Å²) in [5.41, 5.74) is 2.64. The minimum atomic E-state index is -0.153. The standard InChI is InChI=1S/C18H16N2O2S/c21-16-15-12-23-17(14-9-5-2-6-10-14)20(15)18(22)19(16)11-13-7-3-1-4-8-13/h1-10,17,21H,11-12H2/t17-/m0/s1. The summed E-state index contributed by atoms with van der Waals surface area (Å²) < 4.78 is 3.18. The van der Waals surface area contributed by atoms with Gasteiger partial charge in [-0.15, -0.1) is 11.8 Å². The Morgan fingerprint density at radius 3 is 2.39 bits per heavy atom. The van der Waals surface area contributed by atoms with E-state index in [0.29, 0.717) is 18.0 Å². The molecule has 116 valence electrons. The molecule has 0 bridgehead atoms. The smallest absolute Gasteiger partial charge is 0.332 e. The number of benzene rings is 2. The SMILES string of the molecule is O=c1n(Cc2ccccc2)c(O)c2n1[C@H](c1ccccc1)SC2.